The van der Waals surface area contributed by atoms with Crippen molar-refractivity contribution >= 4 is 16.9 Å². The number of imidazole rings is 1. The SMILES string of the molecule is Cc1cnn(CC2CCCN2C(=O)c2cc(F)cc3[nH]cnc23)c1. The van der Waals surface area contributed by atoms with Crippen molar-refractivity contribution in [2.24, 2.45) is 0 Å². The first kappa shape index (κ1) is 14.9. The summed E-state index contributed by atoms with van der Waals surface area (Å²) in [7, 11) is 0. The highest BCUT2D eigenvalue weighted by Crippen LogP contribution is 2.25. The van der Waals surface area contributed by atoms with E-state index in [2.05, 4.69) is 15.1 Å². The van der Waals surface area contributed by atoms with Crippen molar-refractivity contribution in [1.82, 2.24) is 24.6 Å². The predicted molar refractivity (Wildman–Crippen MR) is 87.1 cm³/mol. The number of hydrogen-bond acceptors (Lipinski definition) is 3. The second kappa shape index (κ2) is 5.74. The number of likely N-dealkylation sites (tertiary alicyclic amines) is 1. The van der Waals surface area contributed by atoms with Crippen LogP contribution in [0.2, 0.25) is 0 Å². The van der Waals surface area contributed by atoms with Gasteiger partial charge in [-0.15, -0.1) is 0 Å². The molecule has 1 aliphatic heterocycles. The summed E-state index contributed by atoms with van der Waals surface area (Å²) in [5, 5.41) is 4.30. The quantitative estimate of drug-likeness (QED) is 0.804. The maximum absolute atomic E-state index is 13.8. The van der Waals surface area contributed by atoms with Gasteiger partial charge in [0.1, 0.15) is 11.3 Å². The number of aromatic nitrogens is 4. The van der Waals surface area contributed by atoms with E-state index < -0.39 is 5.82 Å². The van der Waals surface area contributed by atoms with Gasteiger partial charge in [0, 0.05) is 12.7 Å². The molecular formula is C17H18FN5O. The van der Waals surface area contributed by atoms with E-state index in [1.54, 1.807) is 6.20 Å². The van der Waals surface area contributed by atoms with E-state index in [1.807, 2.05) is 22.7 Å². The third-order valence-corrected chi connectivity index (χ3v) is 4.52. The second-order valence-corrected chi connectivity index (χ2v) is 6.29. The Morgan fingerprint density at radius 3 is 3.12 bits per heavy atom. The number of carbonyl (C=O) groups excluding carboxylic acids is 1. The van der Waals surface area contributed by atoms with Gasteiger partial charge in [-0.05, 0) is 37.5 Å². The highest BCUT2D eigenvalue weighted by atomic mass is 19.1. The maximum atomic E-state index is 13.8. The number of aromatic amines is 1. The van der Waals surface area contributed by atoms with Crippen LogP contribution in [0.4, 0.5) is 4.39 Å². The fourth-order valence-corrected chi connectivity index (χ4v) is 3.41. The van der Waals surface area contributed by atoms with Crippen LogP contribution in [0.15, 0.2) is 30.9 Å². The third kappa shape index (κ3) is 2.55. The topological polar surface area (TPSA) is 66.8 Å². The van der Waals surface area contributed by atoms with Crippen molar-refractivity contribution in [2.45, 2.75) is 32.4 Å². The first-order chi connectivity index (χ1) is 11.6. The minimum atomic E-state index is -0.437. The normalized spacial score (nSPS) is 17.8. The van der Waals surface area contributed by atoms with E-state index >= 15 is 0 Å². The molecule has 2 aromatic heterocycles. The molecule has 124 valence electrons. The minimum absolute atomic E-state index is 0.0639. The molecule has 24 heavy (non-hydrogen) atoms. The van der Waals surface area contributed by atoms with Gasteiger partial charge in [0.25, 0.3) is 5.91 Å². The van der Waals surface area contributed by atoms with Crippen LogP contribution in [0.25, 0.3) is 11.0 Å². The summed E-state index contributed by atoms with van der Waals surface area (Å²) in [5.74, 6) is -0.605. The monoisotopic (exact) mass is 327 g/mol. The molecule has 6 nitrogen and oxygen atoms in total. The Morgan fingerprint density at radius 2 is 2.33 bits per heavy atom. The Balaban J connectivity index is 1.63. The summed E-state index contributed by atoms with van der Waals surface area (Å²) in [6, 6.07) is 2.69. The first-order valence-corrected chi connectivity index (χ1v) is 8.04. The lowest BCUT2D eigenvalue weighted by atomic mass is 10.1. The number of fused-ring (bicyclic) bond motifs is 1. The lowest BCUT2D eigenvalue weighted by molar-refractivity contribution is 0.0723. The van der Waals surface area contributed by atoms with Crippen LogP contribution in [0, 0.1) is 12.7 Å². The molecule has 1 amide bonds. The van der Waals surface area contributed by atoms with Crippen LogP contribution < -0.4 is 0 Å². The standard InChI is InChI=1S/C17H18FN5O/c1-11-7-21-22(8-11)9-13-3-2-4-23(13)17(24)14-5-12(18)6-15-16(14)20-10-19-15/h5-8,10,13H,2-4,9H2,1H3,(H,19,20). The molecule has 0 saturated carbocycles. The molecule has 0 spiro atoms. The van der Waals surface area contributed by atoms with E-state index in [9.17, 15) is 9.18 Å². The molecule has 1 N–H and O–H groups in total. The molecule has 4 rings (SSSR count). The van der Waals surface area contributed by atoms with Gasteiger partial charge in [-0.25, -0.2) is 9.37 Å². The van der Waals surface area contributed by atoms with Crippen molar-refractivity contribution in [3.8, 4) is 0 Å². The number of halogens is 1. The van der Waals surface area contributed by atoms with Crippen molar-refractivity contribution in [3.05, 3.63) is 47.8 Å². The Kier molecular flexibility index (Phi) is 3.55. The van der Waals surface area contributed by atoms with Crippen molar-refractivity contribution in [1.29, 1.82) is 0 Å². The average molecular weight is 327 g/mol. The molecule has 1 fully saturated rings. The summed E-state index contributed by atoms with van der Waals surface area (Å²) < 4.78 is 15.7. The summed E-state index contributed by atoms with van der Waals surface area (Å²) >= 11 is 0. The summed E-state index contributed by atoms with van der Waals surface area (Å²) in [6.45, 7) is 3.31. The number of benzene rings is 1. The Morgan fingerprint density at radius 1 is 1.46 bits per heavy atom. The Bertz CT molecular complexity index is 899. The number of carbonyl (C=O) groups is 1. The highest BCUT2D eigenvalue weighted by Gasteiger charge is 2.31. The first-order valence-electron chi connectivity index (χ1n) is 8.04. The van der Waals surface area contributed by atoms with Gasteiger partial charge < -0.3 is 9.88 Å². The zero-order chi connectivity index (χ0) is 16.7. The number of aryl methyl sites for hydroxylation is 1. The molecule has 3 heterocycles. The zero-order valence-electron chi connectivity index (χ0n) is 13.4. The molecule has 1 saturated heterocycles. The van der Waals surface area contributed by atoms with Crippen LogP contribution in [0.5, 0.6) is 0 Å². The van der Waals surface area contributed by atoms with Crippen LogP contribution in [0.1, 0.15) is 28.8 Å². The predicted octanol–water partition coefficient (Wildman–Crippen LogP) is 2.51. The van der Waals surface area contributed by atoms with Gasteiger partial charge in [0.2, 0.25) is 0 Å². The molecule has 7 heteroatoms. The number of nitrogens with zero attached hydrogens (tertiary/aromatic N) is 4. The van der Waals surface area contributed by atoms with Gasteiger partial charge in [-0.3, -0.25) is 9.48 Å². The van der Waals surface area contributed by atoms with Crippen LogP contribution in [0.3, 0.4) is 0 Å². The molecule has 1 aromatic carbocycles. The van der Waals surface area contributed by atoms with Crippen LogP contribution in [-0.4, -0.2) is 43.1 Å². The van der Waals surface area contributed by atoms with Crippen molar-refractivity contribution in [3.63, 3.8) is 0 Å². The summed E-state index contributed by atoms with van der Waals surface area (Å²) in [6.07, 6.45) is 7.12. The number of nitrogens with one attached hydrogen (secondary N) is 1. The molecule has 0 radical (unpaired) electrons. The molecule has 1 aliphatic rings. The van der Waals surface area contributed by atoms with E-state index in [0.29, 0.717) is 29.7 Å². The Hall–Kier alpha value is -2.70. The van der Waals surface area contributed by atoms with Crippen molar-refractivity contribution in [2.75, 3.05) is 6.54 Å². The summed E-state index contributed by atoms with van der Waals surface area (Å²) in [4.78, 5) is 21.9. The third-order valence-electron chi connectivity index (χ3n) is 4.52. The lowest BCUT2D eigenvalue weighted by Gasteiger charge is -2.25. The van der Waals surface area contributed by atoms with E-state index in [4.69, 9.17) is 0 Å². The number of rotatable bonds is 3. The molecule has 3 aromatic rings. The molecular weight excluding hydrogens is 309 g/mol. The second-order valence-electron chi connectivity index (χ2n) is 6.29. The number of amides is 1. The number of hydrogen-bond donors (Lipinski definition) is 1. The van der Waals surface area contributed by atoms with E-state index in [-0.39, 0.29) is 11.9 Å². The summed E-state index contributed by atoms with van der Waals surface area (Å²) in [5.41, 5.74) is 2.46. The van der Waals surface area contributed by atoms with Gasteiger partial charge in [-0.1, -0.05) is 0 Å². The average Bonchev–Trinajstić information content (AvgIpc) is 3.27. The van der Waals surface area contributed by atoms with Crippen LogP contribution >= 0.6 is 0 Å². The smallest absolute Gasteiger partial charge is 0.256 e. The zero-order valence-corrected chi connectivity index (χ0v) is 13.4. The fraction of sp³-hybridized carbons (Fsp3) is 0.353. The van der Waals surface area contributed by atoms with Crippen LogP contribution in [-0.2, 0) is 6.54 Å². The van der Waals surface area contributed by atoms with Gasteiger partial charge in [-0.2, -0.15) is 5.10 Å². The van der Waals surface area contributed by atoms with Gasteiger partial charge in [0.05, 0.1) is 36.2 Å². The largest absolute Gasteiger partial charge is 0.344 e. The van der Waals surface area contributed by atoms with Crippen molar-refractivity contribution < 1.29 is 9.18 Å². The molecule has 1 atom stereocenters. The van der Waals surface area contributed by atoms with E-state index in [0.717, 1.165) is 18.4 Å². The van der Waals surface area contributed by atoms with E-state index in [1.165, 1.54) is 18.5 Å². The minimum Gasteiger partial charge on any atom is -0.344 e. The molecule has 0 aliphatic carbocycles. The maximum Gasteiger partial charge on any atom is 0.256 e. The highest BCUT2D eigenvalue weighted by molar-refractivity contribution is 6.05. The molecule has 0 bridgehead atoms. The van der Waals surface area contributed by atoms with Gasteiger partial charge in [0.15, 0.2) is 0 Å². The Labute approximate surface area is 138 Å². The van der Waals surface area contributed by atoms with Gasteiger partial charge >= 0.3 is 0 Å². The molecule has 1 unspecified atom stereocenters. The lowest BCUT2D eigenvalue weighted by Crippen LogP contribution is -2.38. The number of H-pyrrole nitrogens is 1. The fourth-order valence-electron chi connectivity index (χ4n) is 3.41.